The minimum Gasteiger partial charge on any atom is -0.376 e. The quantitative estimate of drug-likeness (QED) is 0.809. The van der Waals surface area contributed by atoms with E-state index in [0.29, 0.717) is 12.1 Å². The molecule has 1 aromatic carbocycles. The first-order valence-corrected chi connectivity index (χ1v) is 8.81. The maximum atomic E-state index is 5.62. The minimum absolute atomic E-state index is 0.365. The Hall–Kier alpha value is -0.420. The predicted octanol–water partition coefficient (Wildman–Crippen LogP) is 3.60. The zero-order chi connectivity index (χ0) is 15.1. The Morgan fingerprint density at radius 1 is 1.43 bits per heavy atom. The van der Waals surface area contributed by atoms with Crippen LogP contribution in [0.3, 0.4) is 0 Å². The van der Waals surface area contributed by atoms with Gasteiger partial charge in [0.05, 0.1) is 12.7 Å². The Labute approximate surface area is 137 Å². The highest BCUT2D eigenvalue weighted by Crippen LogP contribution is 2.26. The molecule has 4 heteroatoms. The first kappa shape index (κ1) is 16.9. The monoisotopic (exact) mass is 354 g/mol. The van der Waals surface area contributed by atoms with Crippen molar-refractivity contribution in [3.05, 3.63) is 34.3 Å². The zero-order valence-corrected chi connectivity index (χ0v) is 14.7. The van der Waals surface area contributed by atoms with E-state index in [2.05, 4.69) is 64.3 Å². The van der Waals surface area contributed by atoms with E-state index in [1.165, 1.54) is 10.0 Å². The maximum Gasteiger partial charge on any atom is 0.0674 e. The van der Waals surface area contributed by atoms with Crippen LogP contribution in [0.5, 0.6) is 0 Å². The van der Waals surface area contributed by atoms with Crippen molar-refractivity contribution in [1.29, 1.82) is 0 Å². The Morgan fingerprint density at radius 3 is 2.95 bits per heavy atom. The molecule has 0 aromatic heterocycles. The van der Waals surface area contributed by atoms with Crippen molar-refractivity contribution in [3.8, 4) is 0 Å². The Morgan fingerprint density at radius 2 is 2.24 bits per heavy atom. The number of halogens is 1. The SMILES string of the molecule is CCCNC(CCN1CCOC(C)C1)c1ccccc1Br. The molecule has 2 atom stereocenters. The third kappa shape index (κ3) is 5.37. The van der Waals surface area contributed by atoms with Crippen LogP contribution in [0.15, 0.2) is 28.7 Å². The average molecular weight is 355 g/mol. The molecular weight excluding hydrogens is 328 g/mol. The van der Waals surface area contributed by atoms with Gasteiger partial charge in [-0.3, -0.25) is 4.90 Å². The number of nitrogens with one attached hydrogen (secondary N) is 1. The highest BCUT2D eigenvalue weighted by atomic mass is 79.9. The molecule has 2 unspecified atom stereocenters. The molecule has 0 aliphatic carbocycles. The summed E-state index contributed by atoms with van der Waals surface area (Å²) in [4.78, 5) is 2.52. The lowest BCUT2D eigenvalue weighted by Crippen LogP contribution is -2.42. The smallest absolute Gasteiger partial charge is 0.0674 e. The number of nitrogens with zero attached hydrogens (tertiary/aromatic N) is 1. The van der Waals surface area contributed by atoms with Gasteiger partial charge in [0.1, 0.15) is 0 Å². The fourth-order valence-corrected chi connectivity index (χ4v) is 3.41. The molecule has 0 saturated carbocycles. The second-order valence-corrected chi connectivity index (χ2v) is 6.65. The second-order valence-electron chi connectivity index (χ2n) is 5.80. The summed E-state index contributed by atoms with van der Waals surface area (Å²) in [6, 6.07) is 8.97. The second kappa shape index (κ2) is 8.89. The maximum absolute atomic E-state index is 5.62. The van der Waals surface area contributed by atoms with Crippen molar-refractivity contribution in [2.45, 2.75) is 38.8 Å². The number of hydrogen-bond donors (Lipinski definition) is 1. The van der Waals surface area contributed by atoms with Gasteiger partial charge in [0.15, 0.2) is 0 Å². The van der Waals surface area contributed by atoms with Crippen LogP contribution in [-0.4, -0.2) is 43.8 Å². The molecule has 0 amide bonds. The van der Waals surface area contributed by atoms with Crippen LogP contribution in [0.4, 0.5) is 0 Å². The summed E-state index contributed by atoms with van der Waals surface area (Å²) < 4.78 is 6.82. The third-order valence-electron chi connectivity index (χ3n) is 3.98. The Bertz CT molecular complexity index is 427. The van der Waals surface area contributed by atoms with E-state index in [-0.39, 0.29) is 0 Å². The zero-order valence-electron chi connectivity index (χ0n) is 13.1. The van der Waals surface area contributed by atoms with E-state index in [4.69, 9.17) is 4.74 Å². The molecular formula is C17H27BrN2O. The molecule has 1 N–H and O–H groups in total. The normalized spacial score (nSPS) is 21.4. The predicted molar refractivity (Wildman–Crippen MR) is 91.6 cm³/mol. The van der Waals surface area contributed by atoms with Gasteiger partial charge in [-0.05, 0) is 37.9 Å². The average Bonchev–Trinajstić information content (AvgIpc) is 2.48. The summed E-state index contributed by atoms with van der Waals surface area (Å²) in [5.74, 6) is 0. The molecule has 1 aromatic rings. The van der Waals surface area contributed by atoms with Gasteiger partial charge < -0.3 is 10.1 Å². The van der Waals surface area contributed by atoms with Gasteiger partial charge in [0.2, 0.25) is 0 Å². The fourth-order valence-electron chi connectivity index (χ4n) is 2.85. The van der Waals surface area contributed by atoms with Crippen molar-refractivity contribution in [1.82, 2.24) is 10.2 Å². The lowest BCUT2D eigenvalue weighted by molar-refractivity contribution is -0.0192. The lowest BCUT2D eigenvalue weighted by Gasteiger charge is -2.32. The largest absolute Gasteiger partial charge is 0.376 e. The minimum atomic E-state index is 0.365. The van der Waals surface area contributed by atoms with Gasteiger partial charge >= 0.3 is 0 Å². The molecule has 118 valence electrons. The lowest BCUT2D eigenvalue weighted by atomic mass is 10.0. The highest BCUT2D eigenvalue weighted by molar-refractivity contribution is 9.10. The van der Waals surface area contributed by atoms with Crippen LogP contribution >= 0.6 is 15.9 Å². The molecule has 0 radical (unpaired) electrons. The highest BCUT2D eigenvalue weighted by Gasteiger charge is 2.19. The summed E-state index contributed by atoms with van der Waals surface area (Å²) in [5.41, 5.74) is 1.37. The molecule has 1 saturated heterocycles. The van der Waals surface area contributed by atoms with E-state index < -0.39 is 0 Å². The summed E-state index contributed by atoms with van der Waals surface area (Å²) in [6.45, 7) is 9.53. The molecule has 0 spiro atoms. The number of ether oxygens (including phenoxy) is 1. The van der Waals surface area contributed by atoms with Crippen LogP contribution in [0.1, 0.15) is 38.3 Å². The van der Waals surface area contributed by atoms with Crippen LogP contribution in [-0.2, 0) is 4.74 Å². The molecule has 2 rings (SSSR count). The summed E-state index contributed by atoms with van der Waals surface area (Å²) in [5, 5.41) is 3.69. The Kier molecular flexibility index (Phi) is 7.17. The summed E-state index contributed by atoms with van der Waals surface area (Å²) in [6.07, 6.45) is 2.66. The van der Waals surface area contributed by atoms with Crippen molar-refractivity contribution in [2.24, 2.45) is 0 Å². The van der Waals surface area contributed by atoms with Crippen LogP contribution < -0.4 is 5.32 Å². The van der Waals surface area contributed by atoms with Gasteiger partial charge in [-0.1, -0.05) is 41.1 Å². The fraction of sp³-hybridized carbons (Fsp3) is 0.647. The topological polar surface area (TPSA) is 24.5 Å². The van der Waals surface area contributed by atoms with Gasteiger partial charge in [-0.15, -0.1) is 0 Å². The van der Waals surface area contributed by atoms with Crippen molar-refractivity contribution >= 4 is 15.9 Å². The molecule has 21 heavy (non-hydrogen) atoms. The standard InChI is InChI=1S/C17H27BrN2O/c1-3-9-19-17(15-6-4-5-7-16(15)18)8-10-20-11-12-21-14(2)13-20/h4-7,14,17,19H,3,8-13H2,1-2H3. The number of rotatable bonds is 7. The molecule has 1 heterocycles. The van der Waals surface area contributed by atoms with Crippen molar-refractivity contribution < 1.29 is 4.74 Å². The summed E-state index contributed by atoms with van der Waals surface area (Å²) in [7, 11) is 0. The first-order valence-electron chi connectivity index (χ1n) is 8.02. The van der Waals surface area contributed by atoms with E-state index in [1.807, 2.05) is 0 Å². The Balaban J connectivity index is 1.94. The van der Waals surface area contributed by atoms with Crippen molar-refractivity contribution in [3.63, 3.8) is 0 Å². The van der Waals surface area contributed by atoms with Crippen LogP contribution in [0.2, 0.25) is 0 Å². The number of morpholine rings is 1. The number of hydrogen-bond acceptors (Lipinski definition) is 3. The van der Waals surface area contributed by atoms with Crippen LogP contribution in [0, 0.1) is 0 Å². The van der Waals surface area contributed by atoms with Gasteiger partial charge in [0.25, 0.3) is 0 Å². The van der Waals surface area contributed by atoms with Crippen LogP contribution in [0.25, 0.3) is 0 Å². The van der Waals surface area contributed by atoms with Crippen molar-refractivity contribution in [2.75, 3.05) is 32.8 Å². The van der Waals surface area contributed by atoms with E-state index in [1.54, 1.807) is 0 Å². The first-order chi connectivity index (χ1) is 10.2. The van der Waals surface area contributed by atoms with E-state index in [0.717, 1.165) is 45.6 Å². The molecule has 1 aliphatic rings. The molecule has 0 bridgehead atoms. The molecule has 1 aliphatic heterocycles. The van der Waals surface area contributed by atoms with E-state index in [9.17, 15) is 0 Å². The van der Waals surface area contributed by atoms with Gasteiger partial charge in [-0.2, -0.15) is 0 Å². The van der Waals surface area contributed by atoms with Gasteiger partial charge in [-0.25, -0.2) is 0 Å². The van der Waals surface area contributed by atoms with E-state index >= 15 is 0 Å². The number of benzene rings is 1. The molecule has 3 nitrogen and oxygen atoms in total. The third-order valence-corrected chi connectivity index (χ3v) is 4.70. The summed E-state index contributed by atoms with van der Waals surface area (Å²) >= 11 is 3.69. The molecule has 1 fully saturated rings. The van der Waals surface area contributed by atoms with Gasteiger partial charge in [0, 0.05) is 30.1 Å².